The van der Waals surface area contributed by atoms with E-state index in [-0.39, 0.29) is 67.8 Å². The van der Waals surface area contributed by atoms with Crippen LogP contribution in [0.15, 0.2) is 0 Å². The number of rotatable bonds is 0. The molecule has 0 radical (unpaired) electrons. The van der Waals surface area contributed by atoms with Gasteiger partial charge >= 0.3 is 65.1 Å². The summed E-state index contributed by atoms with van der Waals surface area (Å²) in [6.45, 7) is 0. The number of urea groups is 1. The van der Waals surface area contributed by atoms with Crippen LogP contribution in [0, 0.1) is 0 Å². The topological polar surface area (TPSA) is 41.1 Å². The number of carbonyl (C=O) groups is 1. The molecule has 0 aromatic heterocycles. The standard InChI is InChI=1S/C3H4N2OS4.2Na/c6-1(4-2(7)8)5-3(9)10;;/h(H4,4,5,6,7,8,9,10);;/q;2*+1/p-2. The minimum absolute atomic E-state index is 0. The van der Waals surface area contributed by atoms with Crippen molar-refractivity contribution >= 4 is 64.4 Å². The molecule has 2 N–H and O–H groups in total. The fourth-order valence-electron chi connectivity index (χ4n) is 0.217. The van der Waals surface area contributed by atoms with E-state index in [4.69, 9.17) is 0 Å². The van der Waals surface area contributed by atoms with E-state index in [1.807, 2.05) is 0 Å². The third-order valence-electron chi connectivity index (χ3n) is 0.431. The van der Waals surface area contributed by atoms with Crippen molar-refractivity contribution in [3.63, 3.8) is 0 Å². The molecule has 0 aliphatic carbocycles. The molecule has 0 aliphatic heterocycles. The molecule has 0 heterocycles. The van der Waals surface area contributed by atoms with E-state index in [2.05, 4.69) is 60.3 Å². The molecule has 0 aliphatic rings. The van der Waals surface area contributed by atoms with Gasteiger partial charge in [-0.15, -0.1) is 0 Å². The molecular formula is C3H2N2Na2OS4. The Morgan fingerprint density at radius 1 is 1.00 bits per heavy atom. The molecule has 0 atom stereocenters. The van der Waals surface area contributed by atoms with Crippen LogP contribution in [0.25, 0.3) is 0 Å². The van der Waals surface area contributed by atoms with Gasteiger partial charge in [-0.2, -0.15) is 0 Å². The smallest absolute Gasteiger partial charge is 0.411 e. The predicted molar refractivity (Wildman–Crippen MR) is 51.6 cm³/mol. The van der Waals surface area contributed by atoms with E-state index in [0.29, 0.717) is 0 Å². The molecule has 0 aromatic carbocycles. The number of nitrogens with one attached hydrogen (secondary N) is 2. The number of hydrogen-bond donors (Lipinski definition) is 2. The summed E-state index contributed by atoms with van der Waals surface area (Å²) in [4.78, 5) is 10.5. The van der Waals surface area contributed by atoms with Gasteiger partial charge in [0.05, 0.1) is 0 Å². The first-order valence-corrected chi connectivity index (χ1v) is 3.65. The summed E-state index contributed by atoms with van der Waals surface area (Å²) in [5, 5.41) is 4.23. The van der Waals surface area contributed by atoms with Gasteiger partial charge in [0, 0.05) is 0 Å². The van der Waals surface area contributed by atoms with Gasteiger partial charge < -0.3 is 60.3 Å². The van der Waals surface area contributed by atoms with E-state index < -0.39 is 6.03 Å². The minimum atomic E-state index is -0.583. The molecule has 12 heavy (non-hydrogen) atoms. The SMILES string of the molecule is O=C(NC(=S)[S-])NC(=S)[S-].[Na+].[Na+]. The van der Waals surface area contributed by atoms with E-state index in [9.17, 15) is 4.79 Å². The summed E-state index contributed by atoms with van der Waals surface area (Å²) >= 11 is 17.6. The van der Waals surface area contributed by atoms with Gasteiger partial charge in [0.25, 0.3) is 0 Å². The van der Waals surface area contributed by atoms with Crippen molar-refractivity contribution < 1.29 is 63.9 Å². The Labute approximate surface area is 137 Å². The van der Waals surface area contributed by atoms with Gasteiger partial charge in [-0.05, 0) is 0 Å². The molecule has 0 fully saturated rings. The number of amides is 2. The van der Waals surface area contributed by atoms with Gasteiger partial charge in [-0.3, -0.25) is 0 Å². The Morgan fingerprint density at radius 3 is 1.42 bits per heavy atom. The summed E-state index contributed by atoms with van der Waals surface area (Å²) < 4.78 is -0.0764. The number of carbonyl (C=O) groups excluding carboxylic acids is 1. The third kappa shape index (κ3) is 14.4. The summed E-state index contributed by atoms with van der Waals surface area (Å²) in [5.41, 5.74) is 0. The van der Waals surface area contributed by atoms with Gasteiger partial charge in [0.15, 0.2) is 0 Å². The molecule has 0 spiro atoms. The van der Waals surface area contributed by atoms with E-state index >= 15 is 0 Å². The Morgan fingerprint density at radius 2 is 1.25 bits per heavy atom. The van der Waals surface area contributed by atoms with Crippen LogP contribution in [0.1, 0.15) is 0 Å². The quantitative estimate of drug-likeness (QED) is 0.257. The Balaban J connectivity index is -0.000000405. The summed E-state index contributed by atoms with van der Waals surface area (Å²) in [5.74, 6) is 0. The fourth-order valence-corrected chi connectivity index (χ4v) is 0.587. The average Bonchev–Trinajstić information content (AvgIpc) is 1.58. The summed E-state index contributed by atoms with van der Waals surface area (Å²) in [7, 11) is 0. The predicted octanol–water partition coefficient (Wildman–Crippen LogP) is -6.04. The number of thiocarbonyl (C=S) groups is 2. The van der Waals surface area contributed by atoms with Crippen LogP contribution in [-0.4, -0.2) is 14.7 Å². The Hall–Kier alpha value is 1.89. The molecular weight excluding hydrogens is 254 g/mol. The van der Waals surface area contributed by atoms with Crippen molar-refractivity contribution in [2.45, 2.75) is 0 Å². The Kier molecular flexibility index (Phi) is 17.8. The molecule has 0 rings (SSSR count). The summed E-state index contributed by atoms with van der Waals surface area (Å²) in [6.07, 6.45) is 0. The van der Waals surface area contributed by atoms with Gasteiger partial charge in [0.2, 0.25) is 0 Å². The average molecular weight is 256 g/mol. The van der Waals surface area contributed by atoms with Crippen LogP contribution >= 0.6 is 24.4 Å². The molecule has 0 saturated heterocycles. The van der Waals surface area contributed by atoms with Crippen molar-refractivity contribution in [1.82, 2.24) is 10.6 Å². The summed E-state index contributed by atoms with van der Waals surface area (Å²) in [6, 6.07) is -0.583. The third-order valence-corrected chi connectivity index (χ3v) is 0.839. The molecule has 0 bridgehead atoms. The van der Waals surface area contributed by atoms with Crippen LogP contribution in [0.4, 0.5) is 4.79 Å². The van der Waals surface area contributed by atoms with E-state index in [1.54, 1.807) is 0 Å². The van der Waals surface area contributed by atoms with Crippen molar-refractivity contribution in [1.29, 1.82) is 0 Å². The zero-order valence-electron chi connectivity index (χ0n) is 6.54. The minimum Gasteiger partial charge on any atom is -0.411 e. The van der Waals surface area contributed by atoms with Gasteiger partial charge in [-0.25, -0.2) is 4.79 Å². The molecule has 9 heteroatoms. The molecule has 56 valence electrons. The first-order valence-electron chi connectivity index (χ1n) is 2.02. The van der Waals surface area contributed by atoms with E-state index in [1.165, 1.54) is 0 Å². The molecule has 2 amide bonds. The van der Waals surface area contributed by atoms with Crippen LogP contribution in [0.3, 0.4) is 0 Å². The Bertz CT molecular complexity index is 169. The second kappa shape index (κ2) is 11.0. The maximum Gasteiger partial charge on any atom is 1.00 e. The zero-order chi connectivity index (χ0) is 8.15. The van der Waals surface area contributed by atoms with Crippen LogP contribution in [0.5, 0.6) is 0 Å². The van der Waals surface area contributed by atoms with Crippen molar-refractivity contribution in [2.75, 3.05) is 0 Å². The number of hydrogen-bond acceptors (Lipinski definition) is 5. The maximum atomic E-state index is 10.5. The molecule has 0 unspecified atom stereocenters. The van der Waals surface area contributed by atoms with Crippen LogP contribution < -0.4 is 69.7 Å². The zero-order valence-corrected chi connectivity index (χ0v) is 13.8. The van der Waals surface area contributed by atoms with E-state index in [0.717, 1.165) is 0 Å². The second-order valence-electron chi connectivity index (χ2n) is 1.15. The van der Waals surface area contributed by atoms with Crippen LogP contribution in [-0.2, 0) is 25.3 Å². The van der Waals surface area contributed by atoms with Crippen molar-refractivity contribution in [3.05, 3.63) is 0 Å². The normalized spacial score (nSPS) is 6.67. The fraction of sp³-hybridized carbons (Fsp3) is 0. The monoisotopic (exact) mass is 256 g/mol. The van der Waals surface area contributed by atoms with Gasteiger partial charge in [0.1, 0.15) is 0 Å². The second-order valence-corrected chi connectivity index (χ2v) is 3.30. The molecule has 0 aromatic rings. The van der Waals surface area contributed by atoms with Crippen LogP contribution in [0.2, 0.25) is 0 Å². The first kappa shape index (κ1) is 19.5. The van der Waals surface area contributed by atoms with Crippen molar-refractivity contribution in [3.8, 4) is 0 Å². The molecule has 3 nitrogen and oxygen atoms in total. The molecule has 0 saturated carbocycles. The van der Waals surface area contributed by atoms with Gasteiger partial charge in [-0.1, -0.05) is 8.64 Å². The van der Waals surface area contributed by atoms with Crippen molar-refractivity contribution in [2.24, 2.45) is 0 Å². The maximum absolute atomic E-state index is 10.5. The first-order chi connectivity index (χ1) is 4.52. The largest absolute Gasteiger partial charge is 1.00 e.